The molecule has 0 saturated carbocycles. The number of nitrogens with zero attached hydrogens (tertiary/aromatic N) is 1. The van der Waals surface area contributed by atoms with E-state index in [-0.39, 0.29) is 0 Å². The highest BCUT2D eigenvalue weighted by molar-refractivity contribution is 5.17. The fourth-order valence-electron chi connectivity index (χ4n) is 3.57. The average molecular weight is 290 g/mol. The van der Waals surface area contributed by atoms with Crippen LogP contribution in [0.5, 0.6) is 0 Å². The summed E-state index contributed by atoms with van der Waals surface area (Å²) in [5, 5.41) is 3.35. The van der Waals surface area contributed by atoms with Crippen LogP contribution in [0.25, 0.3) is 0 Å². The third-order valence-electron chi connectivity index (χ3n) is 4.79. The minimum Gasteiger partial charge on any atom is -0.311 e. The van der Waals surface area contributed by atoms with E-state index < -0.39 is 11.6 Å². The standard InChI is InChI=1S/C17H20F2N2/c1-2-13-11-21-6-5-14(13)8-15(21)10-20-9-12-3-4-16(18)17(19)7-12/h1,3-4,7,13-15,20H,5-6,8-11H2. The van der Waals surface area contributed by atoms with Crippen LogP contribution in [-0.2, 0) is 6.54 Å². The summed E-state index contributed by atoms with van der Waals surface area (Å²) in [7, 11) is 0. The number of benzene rings is 1. The molecule has 3 heterocycles. The van der Waals surface area contributed by atoms with Crippen LogP contribution in [0.2, 0.25) is 0 Å². The summed E-state index contributed by atoms with van der Waals surface area (Å²) in [6.45, 7) is 3.55. The zero-order valence-electron chi connectivity index (χ0n) is 12.0. The van der Waals surface area contributed by atoms with Gasteiger partial charge in [0, 0.05) is 31.6 Å². The van der Waals surface area contributed by atoms with E-state index in [0.717, 1.165) is 31.6 Å². The number of halogens is 2. The van der Waals surface area contributed by atoms with E-state index in [2.05, 4.69) is 16.1 Å². The van der Waals surface area contributed by atoms with Crippen LogP contribution in [0.15, 0.2) is 18.2 Å². The fourth-order valence-corrected chi connectivity index (χ4v) is 3.57. The van der Waals surface area contributed by atoms with Gasteiger partial charge in [-0.25, -0.2) is 8.78 Å². The highest BCUT2D eigenvalue weighted by Crippen LogP contribution is 2.35. The lowest BCUT2D eigenvalue weighted by molar-refractivity contribution is 0.0227. The van der Waals surface area contributed by atoms with Crippen LogP contribution in [0.4, 0.5) is 8.78 Å². The Hall–Kier alpha value is -1.44. The maximum absolute atomic E-state index is 13.1. The quantitative estimate of drug-likeness (QED) is 0.857. The van der Waals surface area contributed by atoms with E-state index in [9.17, 15) is 8.78 Å². The predicted molar refractivity (Wildman–Crippen MR) is 78.5 cm³/mol. The molecule has 0 aliphatic carbocycles. The van der Waals surface area contributed by atoms with Gasteiger partial charge in [-0.1, -0.05) is 6.07 Å². The molecule has 3 aliphatic rings. The Morgan fingerprint density at radius 3 is 2.86 bits per heavy atom. The minimum atomic E-state index is -0.797. The number of terminal acetylenes is 1. The normalized spacial score (nSPS) is 31.1. The van der Waals surface area contributed by atoms with Crippen LogP contribution in [-0.4, -0.2) is 30.6 Å². The molecule has 2 bridgehead atoms. The topological polar surface area (TPSA) is 15.3 Å². The van der Waals surface area contributed by atoms with Crippen molar-refractivity contribution in [1.82, 2.24) is 10.2 Å². The van der Waals surface area contributed by atoms with Crippen molar-refractivity contribution in [3.8, 4) is 12.3 Å². The first-order valence-electron chi connectivity index (χ1n) is 7.52. The predicted octanol–water partition coefficient (Wildman–Crippen LogP) is 2.40. The molecule has 1 aromatic carbocycles. The van der Waals surface area contributed by atoms with Gasteiger partial charge in [0.2, 0.25) is 0 Å². The molecule has 0 amide bonds. The van der Waals surface area contributed by atoms with E-state index in [1.54, 1.807) is 6.07 Å². The summed E-state index contributed by atoms with van der Waals surface area (Å²) >= 11 is 0. The molecule has 0 aromatic heterocycles. The SMILES string of the molecule is C#CC1CN2CCC1CC2CNCc1ccc(F)c(F)c1. The highest BCUT2D eigenvalue weighted by atomic mass is 19.2. The summed E-state index contributed by atoms with van der Waals surface area (Å²) in [6.07, 6.45) is 7.92. The molecule has 4 heteroatoms. The van der Waals surface area contributed by atoms with Crippen LogP contribution in [0.3, 0.4) is 0 Å². The Morgan fingerprint density at radius 1 is 1.33 bits per heavy atom. The number of nitrogens with one attached hydrogen (secondary N) is 1. The second kappa shape index (κ2) is 6.13. The van der Waals surface area contributed by atoms with Gasteiger partial charge in [0.25, 0.3) is 0 Å². The third-order valence-corrected chi connectivity index (χ3v) is 4.79. The van der Waals surface area contributed by atoms with Gasteiger partial charge in [-0.2, -0.15) is 0 Å². The van der Waals surface area contributed by atoms with Crippen molar-refractivity contribution >= 4 is 0 Å². The molecule has 112 valence electrons. The average Bonchev–Trinajstić information content (AvgIpc) is 2.51. The molecule has 4 unspecified atom stereocenters. The Morgan fingerprint density at radius 2 is 2.19 bits per heavy atom. The summed E-state index contributed by atoms with van der Waals surface area (Å²) in [6, 6.07) is 4.56. The number of fused-ring (bicyclic) bond motifs is 3. The molecule has 2 nitrogen and oxygen atoms in total. The van der Waals surface area contributed by atoms with Crippen molar-refractivity contribution < 1.29 is 8.78 Å². The molecule has 3 aliphatic heterocycles. The molecular weight excluding hydrogens is 270 g/mol. The lowest BCUT2D eigenvalue weighted by Crippen LogP contribution is -2.55. The van der Waals surface area contributed by atoms with Gasteiger partial charge >= 0.3 is 0 Å². The second-order valence-electron chi connectivity index (χ2n) is 6.09. The van der Waals surface area contributed by atoms with Gasteiger partial charge in [0.15, 0.2) is 11.6 Å². The van der Waals surface area contributed by atoms with Gasteiger partial charge in [-0.05, 0) is 43.0 Å². The smallest absolute Gasteiger partial charge is 0.159 e. The van der Waals surface area contributed by atoms with Crippen LogP contribution >= 0.6 is 0 Å². The van der Waals surface area contributed by atoms with E-state index in [0.29, 0.717) is 24.4 Å². The summed E-state index contributed by atoms with van der Waals surface area (Å²) in [5.41, 5.74) is 0.770. The molecule has 4 rings (SSSR count). The lowest BCUT2D eigenvalue weighted by Gasteiger charge is -2.48. The second-order valence-corrected chi connectivity index (χ2v) is 6.09. The van der Waals surface area contributed by atoms with E-state index in [4.69, 9.17) is 6.42 Å². The third kappa shape index (κ3) is 3.09. The molecule has 0 spiro atoms. The van der Waals surface area contributed by atoms with Gasteiger partial charge in [0.05, 0.1) is 0 Å². The van der Waals surface area contributed by atoms with Crippen LogP contribution in [0, 0.1) is 35.8 Å². The monoisotopic (exact) mass is 290 g/mol. The van der Waals surface area contributed by atoms with Crippen molar-refractivity contribution in [2.75, 3.05) is 19.6 Å². The zero-order chi connectivity index (χ0) is 14.8. The number of rotatable bonds is 4. The van der Waals surface area contributed by atoms with Gasteiger partial charge in [0.1, 0.15) is 0 Å². The maximum Gasteiger partial charge on any atom is 0.159 e. The Balaban J connectivity index is 1.50. The molecule has 3 fully saturated rings. The van der Waals surface area contributed by atoms with Gasteiger partial charge in [-0.3, -0.25) is 4.90 Å². The highest BCUT2D eigenvalue weighted by Gasteiger charge is 2.38. The molecule has 3 saturated heterocycles. The van der Waals surface area contributed by atoms with Crippen LogP contribution in [0.1, 0.15) is 18.4 Å². The Bertz CT molecular complexity index is 552. The first-order chi connectivity index (χ1) is 10.2. The number of piperidine rings is 3. The van der Waals surface area contributed by atoms with Gasteiger partial charge < -0.3 is 5.32 Å². The van der Waals surface area contributed by atoms with Gasteiger partial charge in [-0.15, -0.1) is 12.3 Å². The molecule has 21 heavy (non-hydrogen) atoms. The molecule has 4 atom stereocenters. The lowest BCUT2D eigenvalue weighted by atomic mass is 9.76. The molecule has 0 radical (unpaired) electrons. The van der Waals surface area contributed by atoms with Crippen molar-refractivity contribution in [2.24, 2.45) is 11.8 Å². The van der Waals surface area contributed by atoms with E-state index in [1.165, 1.54) is 18.6 Å². The van der Waals surface area contributed by atoms with E-state index >= 15 is 0 Å². The molecule has 1 N–H and O–H groups in total. The molecular formula is C17H20F2N2. The summed E-state index contributed by atoms with van der Waals surface area (Å²) in [4.78, 5) is 2.46. The van der Waals surface area contributed by atoms with Crippen LogP contribution < -0.4 is 5.32 Å². The summed E-state index contributed by atoms with van der Waals surface area (Å²) in [5.74, 6) is 2.38. The van der Waals surface area contributed by atoms with E-state index in [1.807, 2.05) is 0 Å². The fraction of sp³-hybridized carbons (Fsp3) is 0.529. The zero-order valence-corrected chi connectivity index (χ0v) is 12.0. The first-order valence-corrected chi connectivity index (χ1v) is 7.52. The largest absolute Gasteiger partial charge is 0.311 e. The van der Waals surface area contributed by atoms with Crippen molar-refractivity contribution in [3.63, 3.8) is 0 Å². The van der Waals surface area contributed by atoms with Crippen molar-refractivity contribution in [1.29, 1.82) is 0 Å². The number of hydrogen-bond donors (Lipinski definition) is 1. The Kier molecular flexibility index (Phi) is 4.23. The Labute approximate surface area is 124 Å². The van der Waals surface area contributed by atoms with Crippen molar-refractivity contribution in [3.05, 3.63) is 35.4 Å². The summed E-state index contributed by atoms with van der Waals surface area (Å²) < 4.78 is 26.0. The first kappa shape index (κ1) is 14.5. The molecule has 1 aromatic rings. The van der Waals surface area contributed by atoms with Crippen molar-refractivity contribution in [2.45, 2.75) is 25.4 Å². The minimum absolute atomic E-state index is 0.404. The number of hydrogen-bond acceptors (Lipinski definition) is 2. The maximum atomic E-state index is 13.1.